The lowest BCUT2D eigenvalue weighted by molar-refractivity contribution is -0.118. The summed E-state index contributed by atoms with van der Waals surface area (Å²) in [4.78, 5) is 76.7. The summed E-state index contributed by atoms with van der Waals surface area (Å²) in [5.41, 5.74) is 0.118. The molecule has 14 nitrogen and oxygen atoms in total. The van der Waals surface area contributed by atoms with Gasteiger partial charge in [0, 0.05) is 22.3 Å². The largest absolute Gasteiger partial charge is 0.482 e. The fraction of sp³-hybridized carbons (Fsp3) is 0.128. The van der Waals surface area contributed by atoms with Crippen LogP contribution < -0.4 is 30.7 Å². The fourth-order valence-electron chi connectivity index (χ4n) is 6.87. The van der Waals surface area contributed by atoms with Gasteiger partial charge >= 0.3 is 5.97 Å². The average Bonchev–Trinajstić information content (AvgIpc) is 3.24. The molecule has 8 rings (SSSR count). The number of rotatable bonds is 1. The molecule has 3 heterocycles. The lowest BCUT2D eigenvalue weighted by atomic mass is 9.92. The number of fused-ring (bicyclic) bond motifs is 13. The molecule has 5 aromatic carbocycles. The molecular weight excluding hydrogens is 936 g/mol. The third-order valence-corrected chi connectivity index (χ3v) is 10.6. The molecule has 0 spiro atoms. The minimum Gasteiger partial charge on any atom is -0.482 e. The van der Waals surface area contributed by atoms with E-state index in [1.807, 2.05) is 60.7 Å². The van der Waals surface area contributed by atoms with Crippen molar-refractivity contribution in [2.75, 3.05) is 34.5 Å². The van der Waals surface area contributed by atoms with Crippen LogP contribution >= 0.6 is 31.9 Å². The molecule has 6 bridgehead atoms. The highest BCUT2D eigenvalue weighted by Crippen LogP contribution is 2.50. The van der Waals surface area contributed by atoms with Gasteiger partial charge in [-0.2, -0.15) is 0 Å². The van der Waals surface area contributed by atoms with Crippen molar-refractivity contribution in [1.29, 1.82) is 0 Å². The molecule has 4 amide bonds. The number of halogens is 2. The van der Waals surface area contributed by atoms with E-state index in [9.17, 15) is 24.0 Å². The van der Waals surface area contributed by atoms with E-state index < -0.39 is 48.4 Å². The second kappa shape index (κ2) is 17.7. The molecule has 2 aromatic heterocycles. The van der Waals surface area contributed by atoms with Crippen molar-refractivity contribution in [2.24, 2.45) is 0 Å². The maximum atomic E-state index is 13.7. The summed E-state index contributed by atoms with van der Waals surface area (Å²) >= 11 is 7.40. The number of hydrogen-bond donors (Lipinski definition) is 4. The molecule has 16 heteroatoms. The van der Waals surface area contributed by atoms with Gasteiger partial charge in [-0.1, -0.05) is 60.7 Å². The lowest BCUT2D eigenvalue weighted by Crippen LogP contribution is -2.25. The number of esters is 1. The topological polar surface area (TPSA) is 187 Å². The molecule has 0 aliphatic carbocycles. The summed E-state index contributed by atoms with van der Waals surface area (Å²) < 4.78 is 19.4. The summed E-state index contributed by atoms with van der Waals surface area (Å²) in [5.74, 6) is -2.31. The van der Waals surface area contributed by atoms with E-state index in [2.05, 4.69) is 63.1 Å². The zero-order valence-corrected chi connectivity index (χ0v) is 37.0. The molecule has 0 atom stereocenters. The molecule has 63 heavy (non-hydrogen) atoms. The maximum absolute atomic E-state index is 13.7. The van der Waals surface area contributed by atoms with Gasteiger partial charge in [0.15, 0.2) is 13.2 Å². The Labute approximate surface area is 377 Å². The van der Waals surface area contributed by atoms with Crippen LogP contribution in [-0.4, -0.2) is 58.4 Å². The fourth-order valence-corrected chi connectivity index (χ4v) is 7.99. The number of pyridine rings is 2. The minimum absolute atomic E-state index is 0.0644. The summed E-state index contributed by atoms with van der Waals surface area (Å²) in [7, 11) is 0. The van der Waals surface area contributed by atoms with Gasteiger partial charge in [-0.25, -0.2) is 14.8 Å². The minimum atomic E-state index is -0.877. The van der Waals surface area contributed by atoms with E-state index in [4.69, 9.17) is 14.2 Å². The molecule has 7 aromatic rings. The van der Waals surface area contributed by atoms with Crippen LogP contribution in [0.4, 0.5) is 23.3 Å². The predicted molar refractivity (Wildman–Crippen MR) is 247 cm³/mol. The van der Waals surface area contributed by atoms with E-state index in [0.29, 0.717) is 31.6 Å². The third kappa shape index (κ3) is 9.67. The average molecular weight is 973 g/mol. The molecular formula is C47H36Br2N6O8. The van der Waals surface area contributed by atoms with Gasteiger partial charge in [0.1, 0.15) is 40.4 Å². The first-order valence-corrected chi connectivity index (χ1v) is 21.0. The van der Waals surface area contributed by atoms with Crippen molar-refractivity contribution >= 4 is 106 Å². The summed E-state index contributed by atoms with van der Waals surface area (Å²) in [6.07, 6.45) is 0. The molecule has 4 N–H and O–H groups in total. The van der Waals surface area contributed by atoms with Crippen molar-refractivity contribution in [1.82, 2.24) is 9.97 Å². The number of anilines is 4. The SMILES string of the molecule is CC(C)(C)OC(=O)c1cc2cc(c1)C(=O)Nc1cccc(n1)NC(=O)COc1c(Br)cc3ccccc3c1-c1c(c(Br)cc3ccccc13)OCC(=O)Nc1cccc(n1)NC2=O. The van der Waals surface area contributed by atoms with E-state index in [-0.39, 0.29) is 40.0 Å². The Morgan fingerprint density at radius 2 is 0.984 bits per heavy atom. The molecule has 1 aliphatic heterocycles. The number of nitrogens with one attached hydrogen (secondary N) is 4. The van der Waals surface area contributed by atoms with Gasteiger partial charge in [0.2, 0.25) is 0 Å². The standard InChI is InChI=1S/C47H36Br2N6O8/c1-47(2,3)63-46(60)29-19-27-18-28(20-29)45(59)55-37-17-9-15-35(51-37)53-39(57)24-62-43-33(49)22-26-11-5-7-13-31(26)41(43)40-30-12-6-4-10-25(30)21-32(48)42(40)61-23-38(56)52-34-14-8-16-36(50-34)54-44(27)58/h4-22H,23-24H2,1-3H3,(H2,50,52,54,56,58)(H2,51,53,55,57,59). The van der Waals surface area contributed by atoms with Gasteiger partial charge in [-0.3, -0.25) is 19.2 Å². The predicted octanol–water partition coefficient (Wildman–Crippen LogP) is 9.78. The molecule has 0 fully saturated rings. The number of amides is 4. The highest BCUT2D eigenvalue weighted by Gasteiger charge is 2.26. The van der Waals surface area contributed by atoms with Crippen LogP contribution in [0.25, 0.3) is 32.7 Å². The molecule has 0 saturated heterocycles. The number of carbonyl (C=O) groups is 5. The highest BCUT2D eigenvalue weighted by atomic mass is 79.9. The number of benzene rings is 5. The number of ether oxygens (including phenoxy) is 3. The van der Waals surface area contributed by atoms with Gasteiger partial charge in [0.05, 0.1) is 14.5 Å². The first-order chi connectivity index (χ1) is 30.2. The number of carbonyl (C=O) groups excluding carboxylic acids is 5. The normalized spacial score (nSPS) is 13.7. The second-order valence-electron chi connectivity index (χ2n) is 15.3. The summed E-state index contributed by atoms with van der Waals surface area (Å²) in [5, 5.41) is 14.1. The number of aromatic nitrogens is 2. The van der Waals surface area contributed by atoms with Gasteiger partial charge in [-0.05, 0) is 129 Å². The highest BCUT2D eigenvalue weighted by molar-refractivity contribution is 9.11. The Hall–Kier alpha value is -7.17. The Bertz CT molecular complexity index is 2840. The Kier molecular flexibility index (Phi) is 11.9. The van der Waals surface area contributed by atoms with Gasteiger partial charge in [0.25, 0.3) is 23.6 Å². The van der Waals surface area contributed by atoms with Crippen molar-refractivity contribution < 1.29 is 38.2 Å². The maximum Gasteiger partial charge on any atom is 0.338 e. The summed E-state index contributed by atoms with van der Waals surface area (Å²) in [6, 6.07) is 32.3. The molecule has 0 unspecified atom stereocenters. The van der Waals surface area contributed by atoms with Crippen molar-refractivity contribution in [3.8, 4) is 22.6 Å². The lowest BCUT2D eigenvalue weighted by Gasteiger charge is -2.21. The van der Waals surface area contributed by atoms with Crippen LogP contribution in [0.3, 0.4) is 0 Å². The van der Waals surface area contributed by atoms with E-state index in [0.717, 1.165) is 21.5 Å². The second-order valence-corrected chi connectivity index (χ2v) is 17.0. The number of hydrogen-bond acceptors (Lipinski definition) is 10. The van der Waals surface area contributed by atoms with Crippen LogP contribution in [0.1, 0.15) is 51.8 Å². The van der Waals surface area contributed by atoms with Crippen LogP contribution in [0, 0.1) is 0 Å². The van der Waals surface area contributed by atoms with Crippen molar-refractivity contribution in [2.45, 2.75) is 26.4 Å². The Morgan fingerprint density at radius 1 is 0.571 bits per heavy atom. The molecule has 0 saturated carbocycles. The Balaban J connectivity index is 1.23. The van der Waals surface area contributed by atoms with Crippen molar-refractivity contribution in [3.63, 3.8) is 0 Å². The molecule has 316 valence electrons. The van der Waals surface area contributed by atoms with E-state index in [1.54, 1.807) is 45.0 Å². The van der Waals surface area contributed by atoms with Crippen LogP contribution in [0.2, 0.25) is 0 Å². The first kappa shape index (κ1) is 42.5. The van der Waals surface area contributed by atoms with Crippen LogP contribution in [0.5, 0.6) is 11.5 Å². The third-order valence-electron chi connectivity index (χ3n) is 9.47. The van der Waals surface area contributed by atoms with E-state index in [1.165, 1.54) is 30.3 Å². The Morgan fingerprint density at radius 3 is 1.41 bits per heavy atom. The van der Waals surface area contributed by atoms with E-state index >= 15 is 0 Å². The quantitative estimate of drug-likeness (QED) is 0.115. The zero-order chi connectivity index (χ0) is 44.4. The van der Waals surface area contributed by atoms with Crippen LogP contribution in [0.15, 0.2) is 124 Å². The van der Waals surface area contributed by atoms with Gasteiger partial charge < -0.3 is 35.5 Å². The zero-order valence-electron chi connectivity index (χ0n) is 33.8. The van der Waals surface area contributed by atoms with Crippen molar-refractivity contribution in [3.05, 3.63) is 141 Å². The molecule has 0 radical (unpaired) electrons. The number of nitrogens with zero attached hydrogens (tertiary/aromatic N) is 2. The molecule has 1 aliphatic rings. The summed E-state index contributed by atoms with van der Waals surface area (Å²) in [6.45, 7) is 4.15. The smallest absolute Gasteiger partial charge is 0.338 e. The first-order valence-electron chi connectivity index (χ1n) is 19.4. The van der Waals surface area contributed by atoms with Crippen LogP contribution in [-0.2, 0) is 14.3 Å². The van der Waals surface area contributed by atoms with Gasteiger partial charge in [-0.15, -0.1) is 0 Å². The monoisotopic (exact) mass is 970 g/mol.